The van der Waals surface area contributed by atoms with Gasteiger partial charge < -0.3 is 0 Å². The first-order valence-electron chi connectivity index (χ1n) is 8.47. The van der Waals surface area contributed by atoms with E-state index in [4.69, 9.17) is 0 Å². The van der Waals surface area contributed by atoms with Crippen molar-refractivity contribution in [3.05, 3.63) is 0 Å². The summed E-state index contributed by atoms with van der Waals surface area (Å²) in [4.78, 5) is 0. The number of rotatable bonds is 3. The van der Waals surface area contributed by atoms with E-state index >= 15 is 0 Å². The molecular formula is C18H42Si2. The molecule has 0 aliphatic heterocycles. The lowest BCUT2D eigenvalue weighted by Crippen LogP contribution is -2.40. The molecule has 0 aromatic carbocycles. The smallest absolute Gasteiger partial charge is 0.0474 e. The van der Waals surface area contributed by atoms with Gasteiger partial charge in [-0.2, -0.15) is 0 Å². The van der Waals surface area contributed by atoms with Crippen LogP contribution in [0.25, 0.3) is 0 Å². The Hall–Kier alpha value is 0.434. The van der Waals surface area contributed by atoms with Crippen LogP contribution in [-0.4, -0.2) is 17.6 Å². The molecule has 0 saturated heterocycles. The van der Waals surface area contributed by atoms with Gasteiger partial charge in [-0.3, -0.25) is 0 Å². The lowest BCUT2D eigenvalue weighted by atomic mass is 10.2. The van der Waals surface area contributed by atoms with Gasteiger partial charge in [-0.25, -0.2) is 0 Å². The lowest BCUT2D eigenvalue weighted by Gasteiger charge is -2.44. The predicted octanol–water partition coefficient (Wildman–Crippen LogP) is 6.64. The molecule has 2 heteroatoms. The van der Waals surface area contributed by atoms with Gasteiger partial charge in [0.1, 0.15) is 0 Å². The highest BCUT2D eigenvalue weighted by atomic mass is 28.3. The zero-order chi connectivity index (χ0) is 16.6. The van der Waals surface area contributed by atoms with Crippen molar-refractivity contribution in [1.82, 2.24) is 0 Å². The van der Waals surface area contributed by atoms with E-state index in [1.807, 2.05) is 0 Å². The van der Waals surface area contributed by atoms with Crippen molar-refractivity contribution >= 4 is 17.6 Å². The van der Waals surface area contributed by atoms with Gasteiger partial charge in [0.25, 0.3) is 0 Å². The zero-order valence-electron chi connectivity index (χ0n) is 16.6. The summed E-state index contributed by atoms with van der Waals surface area (Å²) in [6, 6.07) is 3.08. The third-order valence-corrected chi connectivity index (χ3v) is 15.8. The van der Waals surface area contributed by atoms with E-state index in [0.29, 0.717) is 20.2 Å². The molecular weight excluding hydrogens is 272 g/mol. The van der Waals surface area contributed by atoms with Crippen LogP contribution in [0.2, 0.25) is 32.2 Å². The van der Waals surface area contributed by atoms with Crippen molar-refractivity contribution in [2.75, 3.05) is 0 Å². The maximum atomic E-state index is 2.49. The number of hydrogen-bond acceptors (Lipinski definition) is 0. The predicted molar refractivity (Wildman–Crippen MR) is 103 cm³/mol. The summed E-state index contributed by atoms with van der Waals surface area (Å²) >= 11 is 0. The molecule has 0 saturated carbocycles. The largest absolute Gasteiger partial charge is 0.0628 e. The highest BCUT2D eigenvalue weighted by Gasteiger charge is 2.40. The fraction of sp³-hybridized carbons (Fsp3) is 1.00. The maximum Gasteiger partial charge on any atom is 0.0474 e. The molecule has 0 atom stereocenters. The highest BCUT2D eigenvalue weighted by molar-refractivity contribution is 6.70. The van der Waals surface area contributed by atoms with Gasteiger partial charge in [0, 0.05) is 17.6 Å². The molecule has 122 valence electrons. The molecule has 0 heterocycles. The van der Waals surface area contributed by atoms with Crippen LogP contribution in [0, 0.1) is 0 Å². The van der Waals surface area contributed by atoms with Crippen LogP contribution in [0.5, 0.6) is 0 Å². The summed E-state index contributed by atoms with van der Waals surface area (Å²) < 4.78 is 0. The topological polar surface area (TPSA) is 0 Å². The molecule has 0 unspecified atom stereocenters. The first kappa shape index (κ1) is 20.4. The van der Waals surface area contributed by atoms with Gasteiger partial charge >= 0.3 is 0 Å². The third-order valence-electron chi connectivity index (χ3n) is 4.93. The summed E-state index contributed by atoms with van der Waals surface area (Å²) in [5, 5.41) is 2.19. The average Bonchev–Trinajstić information content (AvgIpc) is 2.02. The minimum atomic E-state index is -0.775. The van der Waals surface area contributed by atoms with E-state index in [9.17, 15) is 0 Å². The lowest BCUT2D eigenvalue weighted by molar-refractivity contribution is 0.623. The standard InChI is InChI=1S/C18H42Si2/c1-15(2,3)19(16(4,5)6)13-14-20(17(7,8)9)18(10,11)12/h19-20H,13-14H2,1-12H3. The molecule has 0 bridgehead atoms. The van der Waals surface area contributed by atoms with E-state index in [1.54, 1.807) is 12.1 Å². The molecule has 0 N–H and O–H groups in total. The van der Waals surface area contributed by atoms with Crippen LogP contribution in [0.3, 0.4) is 0 Å². The molecule has 0 amide bonds. The molecule has 0 aliphatic carbocycles. The monoisotopic (exact) mass is 314 g/mol. The second-order valence-electron chi connectivity index (χ2n) is 11.1. The highest BCUT2D eigenvalue weighted by Crippen LogP contribution is 2.49. The Bertz CT molecular complexity index is 231. The summed E-state index contributed by atoms with van der Waals surface area (Å²) in [6.45, 7) is 29.8. The first-order chi connectivity index (χ1) is 8.47. The van der Waals surface area contributed by atoms with Crippen molar-refractivity contribution < 1.29 is 0 Å². The van der Waals surface area contributed by atoms with Crippen molar-refractivity contribution in [3.63, 3.8) is 0 Å². The van der Waals surface area contributed by atoms with E-state index < -0.39 is 17.6 Å². The van der Waals surface area contributed by atoms with E-state index in [0.717, 1.165) is 0 Å². The Kier molecular flexibility index (Phi) is 6.41. The summed E-state index contributed by atoms with van der Waals surface area (Å²) in [5.74, 6) is 0. The van der Waals surface area contributed by atoms with E-state index in [-0.39, 0.29) is 0 Å². The van der Waals surface area contributed by atoms with Crippen LogP contribution in [-0.2, 0) is 0 Å². The van der Waals surface area contributed by atoms with Gasteiger partial charge in [-0.1, -0.05) is 95.2 Å². The van der Waals surface area contributed by atoms with E-state index in [2.05, 4.69) is 83.1 Å². The van der Waals surface area contributed by atoms with Gasteiger partial charge in [0.05, 0.1) is 0 Å². The Balaban J connectivity index is 5.10. The second-order valence-corrected chi connectivity index (χ2v) is 21.4. The fourth-order valence-corrected chi connectivity index (χ4v) is 16.0. The van der Waals surface area contributed by atoms with Crippen LogP contribution in [0.15, 0.2) is 0 Å². The summed E-state index contributed by atoms with van der Waals surface area (Å²) in [7, 11) is -1.55. The van der Waals surface area contributed by atoms with Crippen molar-refractivity contribution in [2.45, 2.75) is 115 Å². The summed E-state index contributed by atoms with van der Waals surface area (Å²) in [6.07, 6.45) is 0. The van der Waals surface area contributed by atoms with Crippen LogP contribution in [0.1, 0.15) is 83.1 Å². The molecule has 20 heavy (non-hydrogen) atoms. The van der Waals surface area contributed by atoms with Crippen LogP contribution >= 0.6 is 0 Å². The summed E-state index contributed by atoms with van der Waals surface area (Å²) in [5.41, 5.74) is 0. The first-order valence-corrected chi connectivity index (χ1v) is 12.4. The minimum Gasteiger partial charge on any atom is -0.0628 e. The number of hydrogen-bond donors (Lipinski definition) is 0. The normalized spacial score (nSPS) is 15.3. The van der Waals surface area contributed by atoms with Gasteiger partial charge in [-0.15, -0.1) is 0 Å². The Labute approximate surface area is 133 Å². The minimum absolute atomic E-state index is 0.549. The van der Waals surface area contributed by atoms with Crippen molar-refractivity contribution in [2.24, 2.45) is 0 Å². The Morgan fingerprint density at radius 1 is 0.400 bits per heavy atom. The van der Waals surface area contributed by atoms with Gasteiger partial charge in [-0.05, 0) is 20.2 Å². The maximum absolute atomic E-state index is 2.49. The zero-order valence-corrected chi connectivity index (χ0v) is 18.9. The molecule has 0 fully saturated rings. The van der Waals surface area contributed by atoms with Crippen LogP contribution < -0.4 is 0 Å². The Morgan fingerprint density at radius 2 is 0.550 bits per heavy atom. The average molecular weight is 315 g/mol. The molecule has 0 aliphatic rings. The Morgan fingerprint density at radius 3 is 0.650 bits per heavy atom. The van der Waals surface area contributed by atoms with Crippen molar-refractivity contribution in [3.8, 4) is 0 Å². The second kappa shape index (κ2) is 6.28. The molecule has 0 radical (unpaired) electrons. The quantitative estimate of drug-likeness (QED) is 0.512. The van der Waals surface area contributed by atoms with Gasteiger partial charge in [0.15, 0.2) is 0 Å². The molecule has 0 rings (SSSR count). The van der Waals surface area contributed by atoms with Crippen LogP contribution in [0.4, 0.5) is 0 Å². The van der Waals surface area contributed by atoms with Gasteiger partial charge in [0.2, 0.25) is 0 Å². The fourth-order valence-electron chi connectivity index (χ4n) is 4.66. The SMILES string of the molecule is CC(C)(C)[SiH](CC[SiH](C(C)(C)C)C(C)(C)C)C(C)(C)C. The third kappa shape index (κ3) is 6.47. The molecule has 0 nitrogen and oxygen atoms in total. The molecule has 0 aromatic rings. The van der Waals surface area contributed by atoms with Crippen molar-refractivity contribution in [1.29, 1.82) is 0 Å². The molecule has 0 aromatic heterocycles. The molecule has 0 spiro atoms. The van der Waals surface area contributed by atoms with E-state index in [1.165, 1.54) is 0 Å².